The van der Waals surface area contributed by atoms with E-state index < -0.39 is 49.5 Å². The maximum atomic E-state index is 12.9. The van der Waals surface area contributed by atoms with Crippen molar-refractivity contribution in [3.63, 3.8) is 0 Å². The second-order valence-corrected chi connectivity index (χ2v) is 14.8. The Balaban J connectivity index is 2.42. The SMILES string of the molecule is CCCCCCCC/C=C\CCCCCCCC(=O)N[C@H](CO[C@@H]1O[C@H](CO)[C@@H](O)[C@H](O)[C@H]1O)[C@@H](O)/C=C/CCCCCCCCCCCCC. The second-order valence-electron chi connectivity index (χ2n) is 14.8. The molecule has 0 aromatic rings. The normalized spacial score (nSPS) is 22.2. The van der Waals surface area contributed by atoms with Crippen molar-refractivity contribution in [2.45, 2.75) is 224 Å². The maximum Gasteiger partial charge on any atom is 0.220 e. The van der Waals surface area contributed by atoms with Gasteiger partial charge in [-0.05, 0) is 44.9 Å². The summed E-state index contributed by atoms with van der Waals surface area (Å²) in [4.78, 5) is 12.9. The molecule has 9 nitrogen and oxygen atoms in total. The molecular formula is C42H79NO8. The van der Waals surface area contributed by atoms with Gasteiger partial charge in [-0.2, -0.15) is 0 Å². The molecule has 1 fully saturated rings. The van der Waals surface area contributed by atoms with Crippen LogP contribution in [-0.4, -0.2) is 87.5 Å². The van der Waals surface area contributed by atoms with Crippen molar-refractivity contribution in [3.05, 3.63) is 24.3 Å². The first-order valence-corrected chi connectivity index (χ1v) is 21.1. The van der Waals surface area contributed by atoms with Crippen LogP contribution in [0.2, 0.25) is 0 Å². The molecule has 7 atom stereocenters. The Kier molecular flexibility index (Phi) is 31.1. The number of aliphatic hydroxyl groups excluding tert-OH is 5. The van der Waals surface area contributed by atoms with Crippen molar-refractivity contribution in [1.82, 2.24) is 5.32 Å². The lowest BCUT2D eigenvalue weighted by molar-refractivity contribution is -0.302. The van der Waals surface area contributed by atoms with Crippen LogP contribution in [0.25, 0.3) is 0 Å². The quantitative estimate of drug-likeness (QED) is 0.0289. The minimum Gasteiger partial charge on any atom is -0.394 e. The molecule has 300 valence electrons. The van der Waals surface area contributed by atoms with E-state index in [1.807, 2.05) is 6.08 Å². The van der Waals surface area contributed by atoms with E-state index in [0.29, 0.717) is 6.42 Å². The molecule has 1 aliphatic rings. The summed E-state index contributed by atoms with van der Waals surface area (Å²) >= 11 is 0. The predicted octanol–water partition coefficient (Wildman–Crippen LogP) is 7.94. The van der Waals surface area contributed by atoms with E-state index in [1.165, 1.54) is 103 Å². The maximum absolute atomic E-state index is 12.9. The van der Waals surface area contributed by atoms with E-state index in [-0.39, 0.29) is 12.5 Å². The lowest BCUT2D eigenvalue weighted by Gasteiger charge is -2.40. The molecule has 0 aliphatic carbocycles. The van der Waals surface area contributed by atoms with Gasteiger partial charge in [0.25, 0.3) is 0 Å². The van der Waals surface area contributed by atoms with Gasteiger partial charge in [0.1, 0.15) is 24.4 Å². The van der Waals surface area contributed by atoms with Crippen LogP contribution >= 0.6 is 0 Å². The Morgan fingerprint density at radius 2 is 1.10 bits per heavy atom. The van der Waals surface area contributed by atoms with E-state index in [1.54, 1.807) is 6.08 Å². The molecule has 9 heteroatoms. The van der Waals surface area contributed by atoms with Crippen molar-refractivity contribution < 1.29 is 39.8 Å². The first kappa shape index (κ1) is 47.7. The highest BCUT2D eigenvalue weighted by atomic mass is 16.7. The topological polar surface area (TPSA) is 149 Å². The van der Waals surface area contributed by atoms with Gasteiger partial charge >= 0.3 is 0 Å². The van der Waals surface area contributed by atoms with E-state index in [9.17, 15) is 30.3 Å². The summed E-state index contributed by atoms with van der Waals surface area (Å²) in [6.45, 7) is 3.74. The van der Waals surface area contributed by atoms with Gasteiger partial charge in [-0.3, -0.25) is 4.79 Å². The van der Waals surface area contributed by atoms with Crippen LogP contribution < -0.4 is 5.32 Å². The van der Waals surface area contributed by atoms with Gasteiger partial charge in [0.15, 0.2) is 6.29 Å². The molecule has 1 saturated heterocycles. The highest BCUT2D eigenvalue weighted by Crippen LogP contribution is 2.22. The van der Waals surface area contributed by atoms with Gasteiger partial charge in [-0.15, -0.1) is 0 Å². The lowest BCUT2D eigenvalue weighted by atomic mass is 9.99. The molecule has 1 rings (SSSR count). The van der Waals surface area contributed by atoms with E-state index in [4.69, 9.17) is 9.47 Å². The largest absolute Gasteiger partial charge is 0.394 e. The molecular weight excluding hydrogens is 646 g/mol. The van der Waals surface area contributed by atoms with Gasteiger partial charge in [0.2, 0.25) is 5.91 Å². The Morgan fingerprint density at radius 3 is 1.59 bits per heavy atom. The molecule has 0 saturated carbocycles. The van der Waals surface area contributed by atoms with Crippen molar-refractivity contribution in [2.24, 2.45) is 0 Å². The van der Waals surface area contributed by atoms with Crippen molar-refractivity contribution in [2.75, 3.05) is 13.2 Å². The third-order valence-electron chi connectivity index (χ3n) is 10.0. The average molecular weight is 726 g/mol. The fraction of sp³-hybridized carbons (Fsp3) is 0.881. The van der Waals surface area contributed by atoms with Crippen LogP contribution in [0, 0.1) is 0 Å². The van der Waals surface area contributed by atoms with Crippen LogP contribution in [0.5, 0.6) is 0 Å². The van der Waals surface area contributed by atoms with Gasteiger partial charge in [0, 0.05) is 6.42 Å². The zero-order chi connectivity index (χ0) is 37.4. The lowest BCUT2D eigenvalue weighted by Crippen LogP contribution is -2.60. The summed E-state index contributed by atoms with van der Waals surface area (Å²) in [6, 6.07) is -0.804. The first-order valence-electron chi connectivity index (χ1n) is 21.1. The third kappa shape index (κ3) is 24.6. The molecule has 0 bridgehead atoms. The van der Waals surface area contributed by atoms with E-state index >= 15 is 0 Å². The average Bonchev–Trinajstić information content (AvgIpc) is 3.13. The number of allylic oxidation sites excluding steroid dienone is 3. The number of rotatable bonds is 34. The Bertz CT molecular complexity index is 853. The minimum absolute atomic E-state index is 0.187. The molecule has 1 aliphatic heterocycles. The van der Waals surface area contributed by atoms with E-state index in [0.717, 1.165) is 57.8 Å². The molecule has 1 heterocycles. The molecule has 0 aromatic carbocycles. The summed E-state index contributed by atoms with van der Waals surface area (Å²) < 4.78 is 11.2. The zero-order valence-electron chi connectivity index (χ0n) is 32.6. The predicted molar refractivity (Wildman–Crippen MR) is 207 cm³/mol. The van der Waals surface area contributed by atoms with Crippen molar-refractivity contribution in [1.29, 1.82) is 0 Å². The second kappa shape index (κ2) is 33.3. The Morgan fingerprint density at radius 1 is 0.647 bits per heavy atom. The molecule has 1 amide bonds. The number of hydrogen-bond acceptors (Lipinski definition) is 8. The smallest absolute Gasteiger partial charge is 0.220 e. The zero-order valence-corrected chi connectivity index (χ0v) is 32.6. The van der Waals surface area contributed by atoms with Crippen LogP contribution in [0.4, 0.5) is 0 Å². The minimum atomic E-state index is -1.56. The van der Waals surface area contributed by atoms with Gasteiger partial charge in [-0.25, -0.2) is 0 Å². The van der Waals surface area contributed by atoms with Gasteiger partial charge in [0.05, 0.1) is 25.4 Å². The number of carbonyl (C=O) groups excluding carboxylic acids is 1. The summed E-state index contributed by atoms with van der Waals surface area (Å²) in [5.41, 5.74) is 0. The number of ether oxygens (including phenoxy) is 2. The standard InChI is InChI=1S/C42H79NO8/c1-3-5-7-9-11-13-15-17-18-20-22-24-26-28-30-32-38(46)43-35(34-50-42-41(49)40(48)39(47)37(33-44)51-42)36(45)31-29-27-25-23-21-19-16-14-12-10-8-6-4-2/h17-18,29,31,35-37,39-42,44-45,47-49H,3-16,19-28,30,32-34H2,1-2H3,(H,43,46)/b18-17-,31-29+/t35-,36+,37-,39-,40+,41-,42-/m1/s1. The number of carbonyl (C=O) groups is 1. The van der Waals surface area contributed by atoms with Gasteiger partial charge in [-0.1, -0.05) is 154 Å². The molecule has 0 aromatic heterocycles. The van der Waals surface area contributed by atoms with Crippen LogP contribution in [0.3, 0.4) is 0 Å². The van der Waals surface area contributed by atoms with Crippen LogP contribution in [-0.2, 0) is 14.3 Å². The summed E-state index contributed by atoms with van der Waals surface area (Å²) in [5, 5.41) is 54.0. The van der Waals surface area contributed by atoms with Crippen molar-refractivity contribution in [3.8, 4) is 0 Å². The number of amides is 1. The molecule has 0 spiro atoms. The van der Waals surface area contributed by atoms with Crippen LogP contribution in [0.1, 0.15) is 181 Å². The first-order chi connectivity index (χ1) is 24.8. The molecule has 6 N–H and O–H groups in total. The van der Waals surface area contributed by atoms with E-state index in [2.05, 4.69) is 31.3 Å². The number of unbranched alkanes of at least 4 members (excludes halogenated alkanes) is 22. The molecule has 51 heavy (non-hydrogen) atoms. The van der Waals surface area contributed by atoms with Crippen molar-refractivity contribution >= 4 is 5.91 Å². The van der Waals surface area contributed by atoms with Crippen LogP contribution in [0.15, 0.2) is 24.3 Å². The third-order valence-corrected chi connectivity index (χ3v) is 10.0. The summed E-state index contributed by atoms with van der Waals surface area (Å²) in [6.07, 6.45) is 30.7. The summed E-state index contributed by atoms with van der Waals surface area (Å²) in [5.74, 6) is -0.187. The summed E-state index contributed by atoms with van der Waals surface area (Å²) in [7, 11) is 0. The highest BCUT2D eigenvalue weighted by molar-refractivity contribution is 5.76. The Labute approximate surface area is 311 Å². The van der Waals surface area contributed by atoms with Gasteiger partial charge < -0.3 is 40.3 Å². The highest BCUT2D eigenvalue weighted by Gasteiger charge is 2.44. The fourth-order valence-corrected chi connectivity index (χ4v) is 6.56. The number of nitrogens with one attached hydrogen (secondary N) is 1. The number of hydrogen-bond donors (Lipinski definition) is 6. The Hall–Kier alpha value is -1.33. The fourth-order valence-electron chi connectivity index (χ4n) is 6.56. The molecule has 0 radical (unpaired) electrons. The monoisotopic (exact) mass is 726 g/mol. The number of aliphatic hydroxyl groups is 5. The molecule has 0 unspecified atom stereocenters.